The van der Waals surface area contributed by atoms with E-state index in [1.165, 1.54) is 5.56 Å². The van der Waals surface area contributed by atoms with Gasteiger partial charge in [-0.3, -0.25) is 9.88 Å². The minimum absolute atomic E-state index is 0.465. The van der Waals surface area contributed by atoms with Gasteiger partial charge in [0.25, 0.3) is 0 Å². The second-order valence-corrected chi connectivity index (χ2v) is 5.90. The molecule has 1 unspecified atom stereocenters. The van der Waals surface area contributed by atoms with Crippen LogP contribution in [-0.2, 0) is 6.54 Å². The molecule has 112 valence electrons. The third-order valence-electron chi connectivity index (χ3n) is 3.65. The smallest absolute Gasteiger partial charge is 0.0916 e. The van der Waals surface area contributed by atoms with Gasteiger partial charge < -0.3 is 5.11 Å². The van der Waals surface area contributed by atoms with Crippen LogP contribution in [0.1, 0.15) is 42.6 Å². The number of likely N-dealkylation sites (N-methyl/N-ethyl adjacent to an activating group) is 1. The van der Waals surface area contributed by atoms with Crippen LogP contribution in [0.2, 0.25) is 0 Å². The van der Waals surface area contributed by atoms with Crippen molar-refractivity contribution in [2.75, 3.05) is 13.6 Å². The summed E-state index contributed by atoms with van der Waals surface area (Å²) in [5, 5.41) is 10.3. The number of hydrogen-bond donors (Lipinski definition) is 1. The van der Waals surface area contributed by atoms with Crippen LogP contribution in [0.3, 0.4) is 0 Å². The number of nitrogens with zero attached hydrogens (tertiary/aromatic N) is 2. The molecule has 0 saturated carbocycles. The molecule has 0 aliphatic rings. The van der Waals surface area contributed by atoms with Crippen LogP contribution in [0.5, 0.6) is 0 Å². The Bertz CT molecular complexity index is 537. The van der Waals surface area contributed by atoms with Gasteiger partial charge in [0.2, 0.25) is 0 Å². The van der Waals surface area contributed by atoms with E-state index in [1.807, 2.05) is 37.5 Å². The molecule has 0 saturated heterocycles. The Kier molecular flexibility index (Phi) is 5.48. The predicted molar refractivity (Wildman–Crippen MR) is 86.1 cm³/mol. The molecule has 1 N–H and O–H groups in total. The fraction of sp³-hybridized carbons (Fsp3) is 0.389. The number of pyridine rings is 1. The van der Waals surface area contributed by atoms with Crippen molar-refractivity contribution in [3.05, 3.63) is 65.5 Å². The maximum atomic E-state index is 10.3. The molecule has 0 amide bonds. The van der Waals surface area contributed by atoms with Gasteiger partial charge in [0.1, 0.15) is 0 Å². The lowest BCUT2D eigenvalue weighted by Gasteiger charge is -2.21. The molecule has 1 heterocycles. The molecule has 2 rings (SSSR count). The van der Waals surface area contributed by atoms with Gasteiger partial charge in [-0.05, 0) is 35.7 Å². The predicted octanol–water partition coefficient (Wildman–Crippen LogP) is 3.37. The molecule has 1 aromatic carbocycles. The van der Waals surface area contributed by atoms with Crippen molar-refractivity contribution >= 4 is 0 Å². The molecule has 0 radical (unpaired) electrons. The number of aliphatic hydroxyl groups excluding tert-OH is 1. The third kappa shape index (κ3) is 4.66. The van der Waals surface area contributed by atoms with E-state index in [4.69, 9.17) is 0 Å². The lowest BCUT2D eigenvalue weighted by molar-refractivity contribution is 0.124. The molecule has 3 heteroatoms. The molecule has 3 nitrogen and oxygen atoms in total. The standard InChI is InChI=1S/C18H24N2O/c1-14(2)16-6-8-17(9-7-16)18(21)13-20(3)12-15-5-4-10-19-11-15/h4-11,14,18,21H,12-13H2,1-3H3. The van der Waals surface area contributed by atoms with Crippen molar-refractivity contribution in [1.82, 2.24) is 9.88 Å². The maximum Gasteiger partial charge on any atom is 0.0916 e. The minimum Gasteiger partial charge on any atom is -0.387 e. The van der Waals surface area contributed by atoms with Gasteiger partial charge in [-0.15, -0.1) is 0 Å². The zero-order chi connectivity index (χ0) is 15.2. The van der Waals surface area contributed by atoms with Crippen LogP contribution in [0.25, 0.3) is 0 Å². The van der Waals surface area contributed by atoms with Crippen molar-refractivity contribution in [3.63, 3.8) is 0 Å². The van der Waals surface area contributed by atoms with Crippen molar-refractivity contribution < 1.29 is 5.11 Å². The topological polar surface area (TPSA) is 36.4 Å². The molecule has 1 aromatic heterocycles. The Morgan fingerprint density at radius 2 is 1.76 bits per heavy atom. The first kappa shape index (κ1) is 15.7. The second kappa shape index (κ2) is 7.34. The highest BCUT2D eigenvalue weighted by Crippen LogP contribution is 2.19. The second-order valence-electron chi connectivity index (χ2n) is 5.90. The zero-order valence-electron chi connectivity index (χ0n) is 13.0. The van der Waals surface area contributed by atoms with Gasteiger partial charge in [0.15, 0.2) is 0 Å². The molecule has 2 aromatic rings. The lowest BCUT2D eigenvalue weighted by Crippen LogP contribution is -2.24. The van der Waals surface area contributed by atoms with Crippen LogP contribution >= 0.6 is 0 Å². The molecule has 0 aliphatic carbocycles. The number of benzene rings is 1. The van der Waals surface area contributed by atoms with E-state index in [0.717, 1.165) is 17.7 Å². The van der Waals surface area contributed by atoms with Crippen LogP contribution in [0, 0.1) is 0 Å². The third-order valence-corrected chi connectivity index (χ3v) is 3.65. The lowest BCUT2D eigenvalue weighted by atomic mass is 10.00. The number of aliphatic hydroxyl groups is 1. The summed E-state index contributed by atoms with van der Waals surface area (Å²) in [4.78, 5) is 6.22. The van der Waals surface area contributed by atoms with Gasteiger partial charge in [0.05, 0.1) is 6.10 Å². The van der Waals surface area contributed by atoms with Crippen LogP contribution in [0.15, 0.2) is 48.8 Å². The highest BCUT2D eigenvalue weighted by molar-refractivity contribution is 5.26. The largest absolute Gasteiger partial charge is 0.387 e. The fourth-order valence-corrected chi connectivity index (χ4v) is 2.37. The molecule has 21 heavy (non-hydrogen) atoms. The van der Waals surface area contributed by atoms with E-state index in [0.29, 0.717) is 12.5 Å². The zero-order valence-corrected chi connectivity index (χ0v) is 13.0. The Morgan fingerprint density at radius 1 is 1.10 bits per heavy atom. The van der Waals surface area contributed by atoms with Gasteiger partial charge in [-0.25, -0.2) is 0 Å². The van der Waals surface area contributed by atoms with Gasteiger partial charge in [-0.2, -0.15) is 0 Å². The quantitative estimate of drug-likeness (QED) is 0.883. The normalized spacial score (nSPS) is 12.9. The summed E-state index contributed by atoms with van der Waals surface area (Å²) >= 11 is 0. The van der Waals surface area contributed by atoms with Crippen LogP contribution in [-0.4, -0.2) is 28.6 Å². The monoisotopic (exact) mass is 284 g/mol. The Balaban J connectivity index is 1.92. The van der Waals surface area contributed by atoms with Crippen molar-refractivity contribution in [3.8, 4) is 0 Å². The SMILES string of the molecule is CC(C)c1ccc(C(O)CN(C)Cc2cccnc2)cc1. The Morgan fingerprint density at radius 3 is 2.33 bits per heavy atom. The van der Waals surface area contributed by atoms with Crippen molar-refractivity contribution in [2.45, 2.75) is 32.4 Å². The molecule has 1 atom stereocenters. The molecule has 0 aliphatic heterocycles. The Labute approximate surface area is 127 Å². The van der Waals surface area contributed by atoms with E-state index in [2.05, 4.69) is 35.9 Å². The first-order valence-electron chi connectivity index (χ1n) is 7.41. The highest BCUT2D eigenvalue weighted by atomic mass is 16.3. The summed E-state index contributed by atoms with van der Waals surface area (Å²) < 4.78 is 0. The first-order chi connectivity index (χ1) is 10.1. The van der Waals surface area contributed by atoms with Gasteiger partial charge in [-0.1, -0.05) is 44.2 Å². The number of hydrogen-bond acceptors (Lipinski definition) is 3. The molecule has 0 fully saturated rings. The van der Waals surface area contributed by atoms with E-state index in [9.17, 15) is 5.11 Å². The first-order valence-corrected chi connectivity index (χ1v) is 7.41. The van der Waals surface area contributed by atoms with Crippen LogP contribution < -0.4 is 0 Å². The fourth-order valence-electron chi connectivity index (χ4n) is 2.37. The average molecular weight is 284 g/mol. The highest BCUT2D eigenvalue weighted by Gasteiger charge is 2.11. The molecular weight excluding hydrogens is 260 g/mol. The molecular formula is C18H24N2O. The van der Waals surface area contributed by atoms with E-state index in [-0.39, 0.29) is 0 Å². The van der Waals surface area contributed by atoms with Gasteiger partial charge in [0, 0.05) is 25.5 Å². The number of rotatable bonds is 6. The minimum atomic E-state index is -0.465. The summed E-state index contributed by atoms with van der Waals surface area (Å²) in [5.74, 6) is 0.518. The summed E-state index contributed by atoms with van der Waals surface area (Å²) in [7, 11) is 2.01. The molecule has 0 bridgehead atoms. The summed E-state index contributed by atoms with van der Waals surface area (Å²) in [6.45, 7) is 5.74. The number of aromatic nitrogens is 1. The average Bonchev–Trinajstić information content (AvgIpc) is 2.48. The van der Waals surface area contributed by atoms with E-state index in [1.54, 1.807) is 6.20 Å². The Hall–Kier alpha value is -1.71. The van der Waals surface area contributed by atoms with Crippen molar-refractivity contribution in [1.29, 1.82) is 0 Å². The van der Waals surface area contributed by atoms with Gasteiger partial charge >= 0.3 is 0 Å². The maximum absolute atomic E-state index is 10.3. The van der Waals surface area contributed by atoms with Crippen molar-refractivity contribution in [2.24, 2.45) is 0 Å². The molecule has 0 spiro atoms. The summed E-state index contributed by atoms with van der Waals surface area (Å²) in [6, 6.07) is 12.2. The van der Waals surface area contributed by atoms with Crippen LogP contribution in [0.4, 0.5) is 0 Å². The van der Waals surface area contributed by atoms with E-state index < -0.39 is 6.10 Å². The summed E-state index contributed by atoms with van der Waals surface area (Å²) in [6.07, 6.45) is 3.17. The van der Waals surface area contributed by atoms with E-state index >= 15 is 0 Å². The summed E-state index contributed by atoms with van der Waals surface area (Å²) in [5.41, 5.74) is 3.43.